The Morgan fingerprint density at radius 1 is 1.07 bits per heavy atom. The highest BCUT2D eigenvalue weighted by atomic mass is 35.5. The van der Waals surface area contributed by atoms with Gasteiger partial charge in [-0.05, 0) is 55.0 Å². The van der Waals surface area contributed by atoms with Gasteiger partial charge in [0.25, 0.3) is 0 Å². The lowest BCUT2D eigenvalue weighted by atomic mass is 9.91. The van der Waals surface area contributed by atoms with Crippen LogP contribution in [0.15, 0.2) is 62.8 Å². The number of halogens is 3. The summed E-state index contributed by atoms with van der Waals surface area (Å²) >= 11 is 8.17. The minimum atomic E-state index is -2.51. The van der Waals surface area contributed by atoms with Gasteiger partial charge in [-0.1, -0.05) is 47.6 Å². The molecule has 0 amide bonds. The first-order valence-corrected chi connectivity index (χ1v) is 11.2. The van der Waals surface area contributed by atoms with Gasteiger partial charge in [0.1, 0.15) is 5.17 Å². The first kappa shape index (κ1) is 19.1. The van der Waals surface area contributed by atoms with Crippen LogP contribution >= 0.6 is 23.4 Å². The molecule has 2 aromatic carbocycles. The molecule has 29 heavy (non-hydrogen) atoms. The highest BCUT2D eigenvalue weighted by molar-refractivity contribution is 7.99. The van der Waals surface area contributed by atoms with Gasteiger partial charge in [-0.2, -0.15) is 0 Å². The average molecular weight is 431 g/mol. The van der Waals surface area contributed by atoms with Gasteiger partial charge >= 0.3 is 0 Å². The molecule has 0 atom stereocenters. The standard InChI is InChI=1S/C23H21ClF2N2S/c24-22-17-3-1-2-4-19(17)29-20-8-7-15(13-18(20)28-22)21(14-5-6-14)27-16-9-11-23(25,26)12-10-16/h1-4,7-8,13,16,27H,5-6,9-12H2. The van der Waals surface area contributed by atoms with Crippen molar-refractivity contribution in [1.29, 1.82) is 0 Å². The van der Waals surface area contributed by atoms with Gasteiger partial charge in [-0.3, -0.25) is 0 Å². The second-order valence-corrected chi connectivity index (χ2v) is 9.38. The molecule has 2 aromatic rings. The largest absolute Gasteiger partial charge is 0.382 e. The van der Waals surface area contributed by atoms with E-state index in [2.05, 4.69) is 34.6 Å². The van der Waals surface area contributed by atoms with Gasteiger partial charge in [0.2, 0.25) is 5.92 Å². The van der Waals surface area contributed by atoms with Crippen molar-refractivity contribution in [3.63, 3.8) is 0 Å². The van der Waals surface area contributed by atoms with Crippen LogP contribution in [0.4, 0.5) is 14.5 Å². The third-order valence-corrected chi connectivity index (χ3v) is 7.14. The van der Waals surface area contributed by atoms with Crippen molar-refractivity contribution in [3.8, 4) is 0 Å². The van der Waals surface area contributed by atoms with Crippen LogP contribution in [-0.4, -0.2) is 17.1 Å². The Morgan fingerprint density at radius 2 is 1.83 bits per heavy atom. The molecule has 1 N–H and O–H groups in total. The van der Waals surface area contributed by atoms with E-state index in [0.717, 1.165) is 45.1 Å². The van der Waals surface area contributed by atoms with Crippen LogP contribution in [0, 0.1) is 0 Å². The van der Waals surface area contributed by atoms with Crippen molar-refractivity contribution >= 4 is 39.9 Å². The summed E-state index contributed by atoms with van der Waals surface area (Å²) in [4.78, 5) is 6.84. The molecule has 0 aromatic heterocycles. The monoisotopic (exact) mass is 430 g/mol. The number of nitrogens with one attached hydrogen (secondary N) is 1. The number of fused-ring (bicyclic) bond motifs is 2. The number of alkyl halides is 2. The van der Waals surface area contributed by atoms with Gasteiger partial charge in [0.15, 0.2) is 0 Å². The molecule has 0 saturated heterocycles. The fraction of sp³-hybridized carbons (Fsp3) is 0.348. The maximum atomic E-state index is 13.5. The molecular formula is C23H21ClF2N2S. The summed E-state index contributed by atoms with van der Waals surface area (Å²) in [5, 5.41) is 4.07. The maximum Gasteiger partial charge on any atom is 0.248 e. The maximum absolute atomic E-state index is 13.5. The molecule has 2 fully saturated rings. The van der Waals surface area contributed by atoms with E-state index in [9.17, 15) is 8.78 Å². The molecule has 3 aliphatic rings. The zero-order valence-corrected chi connectivity index (χ0v) is 17.4. The van der Waals surface area contributed by atoms with Gasteiger partial charge in [0.05, 0.1) is 5.69 Å². The van der Waals surface area contributed by atoms with Gasteiger partial charge in [0, 0.05) is 39.9 Å². The van der Waals surface area contributed by atoms with Crippen molar-refractivity contribution < 1.29 is 8.78 Å². The molecule has 0 spiro atoms. The second kappa shape index (κ2) is 7.44. The number of allylic oxidation sites excluding steroid dienone is 1. The normalized spacial score (nSPS) is 20.2. The number of nitrogens with zero attached hydrogens (tertiary/aromatic N) is 1. The molecule has 1 aliphatic heterocycles. The van der Waals surface area contributed by atoms with Crippen LogP contribution in [0.3, 0.4) is 0 Å². The Kier molecular flexibility index (Phi) is 4.91. The fourth-order valence-electron chi connectivity index (χ4n) is 3.95. The molecule has 150 valence electrons. The Hall–Kier alpha value is -1.85. The zero-order valence-electron chi connectivity index (χ0n) is 15.9. The summed E-state index contributed by atoms with van der Waals surface area (Å²) in [7, 11) is 0. The molecular weight excluding hydrogens is 410 g/mol. The van der Waals surface area contributed by atoms with Crippen molar-refractivity contribution in [3.05, 3.63) is 59.2 Å². The van der Waals surface area contributed by atoms with Crippen LogP contribution in [0.1, 0.15) is 49.7 Å². The molecule has 6 heteroatoms. The highest BCUT2D eigenvalue weighted by Gasteiger charge is 2.35. The topological polar surface area (TPSA) is 24.4 Å². The smallest absolute Gasteiger partial charge is 0.248 e. The van der Waals surface area contributed by atoms with Crippen molar-refractivity contribution in [2.45, 2.75) is 60.3 Å². The zero-order chi connectivity index (χ0) is 20.0. The third kappa shape index (κ3) is 4.08. The molecule has 2 nitrogen and oxygen atoms in total. The predicted molar refractivity (Wildman–Crippen MR) is 116 cm³/mol. The Labute approximate surface area is 178 Å². The van der Waals surface area contributed by atoms with E-state index in [1.807, 2.05) is 18.2 Å². The van der Waals surface area contributed by atoms with E-state index in [1.165, 1.54) is 5.57 Å². The van der Waals surface area contributed by atoms with Gasteiger partial charge < -0.3 is 5.32 Å². The second-order valence-electron chi connectivity index (χ2n) is 7.94. The summed E-state index contributed by atoms with van der Waals surface area (Å²) in [5.74, 6) is -2.51. The van der Waals surface area contributed by atoms with Crippen LogP contribution in [0.2, 0.25) is 0 Å². The Balaban J connectivity index is 1.44. The third-order valence-electron chi connectivity index (χ3n) is 5.71. The SMILES string of the molecule is FC1(F)CCC(NC(=C2CC2)c2ccc3c(c2)N=C(Cl)c2ccccc2S3)CC1. The molecule has 2 aliphatic carbocycles. The number of hydrogen-bond acceptors (Lipinski definition) is 3. The van der Waals surface area contributed by atoms with Crippen LogP contribution in [0.5, 0.6) is 0 Å². The molecule has 2 saturated carbocycles. The first-order valence-electron chi connectivity index (χ1n) is 10.0. The van der Waals surface area contributed by atoms with E-state index in [-0.39, 0.29) is 18.9 Å². The van der Waals surface area contributed by atoms with Crippen molar-refractivity contribution in [2.75, 3.05) is 0 Å². The van der Waals surface area contributed by atoms with Crippen LogP contribution < -0.4 is 5.32 Å². The van der Waals surface area contributed by atoms with Crippen LogP contribution in [0.25, 0.3) is 5.70 Å². The van der Waals surface area contributed by atoms with Crippen LogP contribution in [-0.2, 0) is 0 Å². The molecule has 5 rings (SSSR count). The summed E-state index contributed by atoms with van der Waals surface area (Å²) in [6.45, 7) is 0. The van der Waals surface area contributed by atoms with Crippen molar-refractivity contribution in [2.24, 2.45) is 4.99 Å². The fourth-order valence-corrected chi connectivity index (χ4v) is 5.26. The van der Waals surface area contributed by atoms with E-state index in [1.54, 1.807) is 11.8 Å². The highest BCUT2D eigenvalue weighted by Crippen LogP contribution is 2.44. The first-order chi connectivity index (χ1) is 14.0. The Morgan fingerprint density at radius 3 is 2.59 bits per heavy atom. The van der Waals surface area contributed by atoms with E-state index < -0.39 is 5.92 Å². The number of rotatable bonds is 3. The van der Waals surface area contributed by atoms with E-state index >= 15 is 0 Å². The number of benzene rings is 2. The summed E-state index contributed by atoms with van der Waals surface area (Å²) < 4.78 is 27.0. The molecule has 0 unspecified atom stereocenters. The summed E-state index contributed by atoms with van der Waals surface area (Å²) in [6.07, 6.45) is 3.06. The van der Waals surface area contributed by atoms with Gasteiger partial charge in [-0.25, -0.2) is 13.8 Å². The van der Waals surface area contributed by atoms with Gasteiger partial charge in [-0.15, -0.1) is 0 Å². The summed E-state index contributed by atoms with van der Waals surface area (Å²) in [5.41, 5.74) is 5.32. The lowest BCUT2D eigenvalue weighted by Crippen LogP contribution is -2.36. The Bertz CT molecular complexity index is 1020. The lowest BCUT2D eigenvalue weighted by Gasteiger charge is -2.30. The number of aliphatic imine (C=N–C) groups is 1. The van der Waals surface area contributed by atoms with E-state index in [4.69, 9.17) is 11.6 Å². The lowest BCUT2D eigenvalue weighted by molar-refractivity contribution is -0.0392. The van der Waals surface area contributed by atoms with Crippen molar-refractivity contribution in [1.82, 2.24) is 5.32 Å². The average Bonchev–Trinajstić information content (AvgIpc) is 3.54. The molecule has 1 heterocycles. The summed E-state index contributed by atoms with van der Waals surface area (Å²) in [6, 6.07) is 14.4. The minimum absolute atomic E-state index is 0.0354. The number of hydrogen-bond donors (Lipinski definition) is 1. The molecule has 0 bridgehead atoms. The molecule has 0 radical (unpaired) electrons. The van der Waals surface area contributed by atoms with E-state index in [0.29, 0.717) is 18.0 Å². The quantitative estimate of drug-likeness (QED) is 0.559. The predicted octanol–water partition coefficient (Wildman–Crippen LogP) is 7.14. The minimum Gasteiger partial charge on any atom is -0.382 e.